The molecule has 2 aliphatic rings. The topological polar surface area (TPSA) is 75.9 Å². The largest absolute Gasteiger partial charge is 0.353 e. The number of fused-ring (bicyclic) bond motifs is 1. The van der Waals surface area contributed by atoms with Crippen molar-refractivity contribution < 1.29 is 0 Å². The van der Waals surface area contributed by atoms with E-state index in [1.54, 1.807) is 11.0 Å². The van der Waals surface area contributed by atoms with Crippen LogP contribution in [0.15, 0.2) is 30.7 Å². The molecule has 0 saturated carbocycles. The van der Waals surface area contributed by atoms with Gasteiger partial charge in [-0.05, 0) is 50.8 Å². The van der Waals surface area contributed by atoms with Gasteiger partial charge in [0.2, 0.25) is 0 Å². The van der Waals surface area contributed by atoms with Crippen LogP contribution in [0.3, 0.4) is 0 Å². The second-order valence-corrected chi connectivity index (χ2v) is 7.46. The van der Waals surface area contributed by atoms with Gasteiger partial charge in [0, 0.05) is 43.6 Å². The average molecular weight is 376 g/mol. The van der Waals surface area contributed by atoms with Crippen molar-refractivity contribution in [2.75, 3.05) is 36.0 Å². The molecule has 1 aliphatic carbocycles. The van der Waals surface area contributed by atoms with Crippen LogP contribution >= 0.6 is 0 Å². The Balaban J connectivity index is 1.27. The van der Waals surface area contributed by atoms with Crippen LogP contribution in [-0.2, 0) is 12.8 Å². The van der Waals surface area contributed by atoms with E-state index in [4.69, 9.17) is 0 Å². The summed E-state index contributed by atoms with van der Waals surface area (Å²) < 4.78 is 1.75. The molecule has 0 aromatic carbocycles. The summed E-state index contributed by atoms with van der Waals surface area (Å²) in [6, 6.07) is 5.96. The SMILES string of the molecule is Cc1ccn(-c2ccc(N3CCN(c4ncnc5c4CCCC5)CC3)nn2)n1. The van der Waals surface area contributed by atoms with Crippen LogP contribution in [0.25, 0.3) is 5.82 Å². The van der Waals surface area contributed by atoms with Crippen LogP contribution in [0.5, 0.6) is 0 Å². The van der Waals surface area contributed by atoms with Crippen molar-refractivity contribution in [1.82, 2.24) is 29.9 Å². The minimum absolute atomic E-state index is 0.739. The van der Waals surface area contributed by atoms with E-state index in [9.17, 15) is 0 Å². The lowest BCUT2D eigenvalue weighted by atomic mass is 9.96. The number of anilines is 2. The summed E-state index contributed by atoms with van der Waals surface area (Å²) in [5.41, 5.74) is 3.57. The molecule has 0 atom stereocenters. The number of rotatable bonds is 3. The van der Waals surface area contributed by atoms with Gasteiger partial charge in [-0.1, -0.05) is 0 Å². The van der Waals surface area contributed by atoms with Crippen molar-refractivity contribution in [1.29, 1.82) is 0 Å². The average Bonchev–Trinajstić information content (AvgIpc) is 3.20. The zero-order chi connectivity index (χ0) is 18.9. The van der Waals surface area contributed by atoms with Crippen LogP contribution < -0.4 is 9.80 Å². The standard InChI is InChI=1S/C20H24N8/c1-15-8-9-28(25-15)19-7-6-18(23-24-19)26-10-12-27(13-11-26)20-16-4-2-3-5-17(16)21-14-22-20/h6-9,14H,2-5,10-13H2,1H3. The third-order valence-electron chi connectivity index (χ3n) is 5.60. The molecule has 0 unspecified atom stereocenters. The van der Waals surface area contributed by atoms with Crippen molar-refractivity contribution in [3.63, 3.8) is 0 Å². The maximum absolute atomic E-state index is 4.62. The molecule has 3 aromatic heterocycles. The third-order valence-corrected chi connectivity index (χ3v) is 5.60. The van der Waals surface area contributed by atoms with E-state index in [0.29, 0.717) is 0 Å². The van der Waals surface area contributed by atoms with Crippen LogP contribution in [0.1, 0.15) is 29.8 Å². The van der Waals surface area contributed by atoms with Crippen LogP contribution in [0.4, 0.5) is 11.6 Å². The van der Waals surface area contributed by atoms with Crippen molar-refractivity contribution in [3.05, 3.63) is 47.7 Å². The number of hydrogen-bond donors (Lipinski definition) is 0. The van der Waals surface area contributed by atoms with Gasteiger partial charge in [-0.15, -0.1) is 10.2 Å². The van der Waals surface area contributed by atoms with Crippen molar-refractivity contribution in [2.45, 2.75) is 32.6 Å². The number of hydrogen-bond acceptors (Lipinski definition) is 7. The Labute approximate surface area is 164 Å². The quantitative estimate of drug-likeness (QED) is 0.692. The molecule has 144 valence electrons. The van der Waals surface area contributed by atoms with Gasteiger partial charge < -0.3 is 9.80 Å². The van der Waals surface area contributed by atoms with E-state index in [2.05, 4.69) is 35.1 Å². The van der Waals surface area contributed by atoms with Crippen molar-refractivity contribution in [3.8, 4) is 5.82 Å². The molecule has 3 aromatic rings. The lowest BCUT2D eigenvalue weighted by molar-refractivity contribution is 0.617. The molecule has 0 N–H and O–H groups in total. The van der Waals surface area contributed by atoms with Gasteiger partial charge in [0.1, 0.15) is 12.1 Å². The zero-order valence-electron chi connectivity index (χ0n) is 16.1. The molecule has 1 aliphatic heterocycles. The molecule has 0 spiro atoms. The first-order valence-corrected chi connectivity index (χ1v) is 9.97. The zero-order valence-corrected chi connectivity index (χ0v) is 16.1. The highest BCUT2D eigenvalue weighted by Crippen LogP contribution is 2.28. The van der Waals surface area contributed by atoms with Gasteiger partial charge >= 0.3 is 0 Å². The van der Waals surface area contributed by atoms with Gasteiger partial charge in [0.25, 0.3) is 0 Å². The fraction of sp³-hybridized carbons (Fsp3) is 0.450. The second kappa shape index (κ2) is 7.18. The summed E-state index contributed by atoms with van der Waals surface area (Å²) in [4.78, 5) is 13.8. The van der Waals surface area contributed by atoms with E-state index < -0.39 is 0 Å². The van der Waals surface area contributed by atoms with Crippen LogP contribution in [0.2, 0.25) is 0 Å². The Kier molecular flexibility index (Phi) is 4.38. The number of aromatic nitrogens is 6. The van der Waals surface area contributed by atoms with E-state index >= 15 is 0 Å². The molecule has 1 fully saturated rings. The smallest absolute Gasteiger partial charge is 0.175 e. The first-order valence-electron chi connectivity index (χ1n) is 9.97. The van der Waals surface area contributed by atoms with Crippen LogP contribution in [0, 0.1) is 6.92 Å². The number of piperazine rings is 1. The third kappa shape index (κ3) is 3.19. The molecule has 1 saturated heterocycles. The van der Waals surface area contributed by atoms with Crippen LogP contribution in [-0.4, -0.2) is 56.1 Å². The molecule has 0 amide bonds. The first-order chi connectivity index (χ1) is 13.8. The Morgan fingerprint density at radius 1 is 0.821 bits per heavy atom. The summed E-state index contributed by atoms with van der Waals surface area (Å²) in [6.45, 7) is 5.66. The van der Waals surface area contributed by atoms with E-state index in [0.717, 1.165) is 62.2 Å². The lowest BCUT2D eigenvalue weighted by Crippen LogP contribution is -2.47. The fourth-order valence-corrected chi connectivity index (χ4v) is 4.08. The molecule has 0 bridgehead atoms. The predicted octanol–water partition coefficient (Wildman–Crippen LogP) is 1.97. The van der Waals surface area contributed by atoms with Gasteiger partial charge in [0.05, 0.1) is 5.69 Å². The summed E-state index contributed by atoms with van der Waals surface area (Å²) in [5, 5.41) is 13.2. The Morgan fingerprint density at radius 3 is 2.32 bits per heavy atom. The Hall–Kier alpha value is -3.03. The molecular formula is C20H24N8. The van der Waals surface area contributed by atoms with Gasteiger partial charge in [-0.25, -0.2) is 14.6 Å². The summed E-state index contributed by atoms with van der Waals surface area (Å²) in [7, 11) is 0. The highest BCUT2D eigenvalue weighted by Gasteiger charge is 2.24. The molecule has 4 heterocycles. The normalized spacial score (nSPS) is 16.9. The predicted molar refractivity (Wildman–Crippen MR) is 107 cm³/mol. The van der Waals surface area contributed by atoms with E-state index in [-0.39, 0.29) is 0 Å². The summed E-state index contributed by atoms with van der Waals surface area (Å²) >= 11 is 0. The molecule has 0 radical (unpaired) electrons. The van der Waals surface area contributed by atoms with Crippen molar-refractivity contribution in [2.24, 2.45) is 0 Å². The maximum atomic E-state index is 4.62. The highest BCUT2D eigenvalue weighted by atomic mass is 15.4. The lowest BCUT2D eigenvalue weighted by Gasteiger charge is -2.37. The first kappa shape index (κ1) is 17.1. The summed E-state index contributed by atoms with van der Waals surface area (Å²) in [5.74, 6) is 2.79. The summed E-state index contributed by atoms with van der Waals surface area (Å²) in [6.07, 6.45) is 8.30. The molecule has 8 heteroatoms. The Bertz CT molecular complexity index is 957. The molecular weight excluding hydrogens is 352 g/mol. The maximum Gasteiger partial charge on any atom is 0.175 e. The van der Waals surface area contributed by atoms with Gasteiger partial charge in [-0.3, -0.25) is 0 Å². The highest BCUT2D eigenvalue weighted by molar-refractivity contribution is 5.51. The van der Waals surface area contributed by atoms with Gasteiger partial charge in [-0.2, -0.15) is 5.10 Å². The molecule has 28 heavy (non-hydrogen) atoms. The number of nitrogens with zero attached hydrogens (tertiary/aromatic N) is 8. The molecule has 8 nitrogen and oxygen atoms in total. The molecule has 5 rings (SSSR count). The van der Waals surface area contributed by atoms with E-state index in [1.807, 2.05) is 31.3 Å². The van der Waals surface area contributed by atoms with E-state index in [1.165, 1.54) is 24.1 Å². The number of aryl methyl sites for hydroxylation is 2. The monoisotopic (exact) mass is 376 g/mol. The van der Waals surface area contributed by atoms with Crippen molar-refractivity contribution >= 4 is 11.6 Å². The minimum atomic E-state index is 0.739. The minimum Gasteiger partial charge on any atom is -0.353 e. The Morgan fingerprint density at radius 2 is 1.57 bits per heavy atom. The van der Waals surface area contributed by atoms with Gasteiger partial charge in [0.15, 0.2) is 11.6 Å². The second-order valence-electron chi connectivity index (χ2n) is 7.46. The fourth-order valence-electron chi connectivity index (χ4n) is 4.08.